The van der Waals surface area contributed by atoms with Gasteiger partial charge >= 0.3 is 5.97 Å². The maximum Gasteiger partial charge on any atom is 0.337 e. The number of halogens is 1. The van der Waals surface area contributed by atoms with Crippen LogP contribution in [0.2, 0.25) is 0 Å². The third-order valence-corrected chi connectivity index (χ3v) is 4.71. The molecule has 0 spiro atoms. The van der Waals surface area contributed by atoms with Gasteiger partial charge in [-0.15, -0.1) is 0 Å². The summed E-state index contributed by atoms with van der Waals surface area (Å²) in [5.74, 6) is -1.40. The molecule has 1 aromatic carbocycles. The fourth-order valence-corrected chi connectivity index (χ4v) is 3.34. The minimum absolute atomic E-state index is 0.0313. The number of rotatable bonds is 3. The van der Waals surface area contributed by atoms with Gasteiger partial charge in [-0.2, -0.15) is 0 Å². The van der Waals surface area contributed by atoms with Gasteiger partial charge in [-0.3, -0.25) is 4.79 Å². The molecule has 1 amide bonds. The van der Waals surface area contributed by atoms with Gasteiger partial charge in [-0.05, 0) is 50.1 Å². The highest BCUT2D eigenvalue weighted by Crippen LogP contribution is 2.32. The highest BCUT2D eigenvalue weighted by Gasteiger charge is 2.34. The van der Waals surface area contributed by atoms with Crippen molar-refractivity contribution in [2.45, 2.75) is 32.2 Å². The number of carboxylic acid groups (broad SMARTS) is 1. The third kappa shape index (κ3) is 3.38. The predicted octanol–water partition coefficient (Wildman–Crippen LogP) is 3.25. The summed E-state index contributed by atoms with van der Waals surface area (Å²) in [4.78, 5) is 29.8. The van der Waals surface area contributed by atoms with Gasteiger partial charge in [0.1, 0.15) is 11.5 Å². The van der Waals surface area contributed by atoms with Crippen LogP contribution in [0.15, 0.2) is 36.4 Å². The Morgan fingerprint density at radius 1 is 1.20 bits per heavy atom. The number of benzene rings is 1. The quantitative estimate of drug-likeness (QED) is 0.929. The van der Waals surface area contributed by atoms with Crippen LogP contribution in [0.1, 0.15) is 51.4 Å². The molecule has 0 saturated carbocycles. The maximum absolute atomic E-state index is 13.1. The molecule has 2 aromatic rings. The first kappa shape index (κ1) is 17.1. The summed E-state index contributed by atoms with van der Waals surface area (Å²) >= 11 is 0. The topological polar surface area (TPSA) is 70.5 Å². The Bertz CT molecular complexity index is 820. The standard InChI is InChI=1S/C19H19FN2O3/c1-11-9-14(13-3-5-15(20)6-4-13)10-22(11)18(23)17-8-7-16(19(24)25)12(2)21-17/h3-8,11,14H,9-10H2,1-2H3,(H,24,25). The number of amides is 1. The van der Waals surface area contributed by atoms with Crippen LogP contribution in [-0.4, -0.2) is 39.5 Å². The summed E-state index contributed by atoms with van der Waals surface area (Å²) in [7, 11) is 0. The normalized spacial score (nSPS) is 19.9. The van der Waals surface area contributed by atoms with Gasteiger partial charge in [0, 0.05) is 18.5 Å². The van der Waals surface area contributed by atoms with E-state index in [2.05, 4.69) is 4.98 Å². The summed E-state index contributed by atoms with van der Waals surface area (Å²) in [6, 6.07) is 9.27. The zero-order valence-electron chi connectivity index (χ0n) is 14.1. The van der Waals surface area contributed by atoms with Crippen LogP contribution in [0, 0.1) is 12.7 Å². The minimum atomic E-state index is -1.06. The molecule has 25 heavy (non-hydrogen) atoms. The van der Waals surface area contributed by atoms with Crippen LogP contribution in [0.4, 0.5) is 4.39 Å². The van der Waals surface area contributed by atoms with Crippen LogP contribution in [0.25, 0.3) is 0 Å². The second kappa shape index (κ2) is 6.63. The first-order valence-corrected chi connectivity index (χ1v) is 8.14. The molecule has 6 heteroatoms. The first-order chi connectivity index (χ1) is 11.9. The molecule has 2 heterocycles. The van der Waals surface area contributed by atoms with Crippen molar-refractivity contribution in [3.63, 3.8) is 0 Å². The molecule has 1 N–H and O–H groups in total. The second-order valence-electron chi connectivity index (χ2n) is 6.43. The van der Waals surface area contributed by atoms with Gasteiger partial charge < -0.3 is 10.0 Å². The van der Waals surface area contributed by atoms with E-state index >= 15 is 0 Å². The van der Waals surface area contributed by atoms with E-state index < -0.39 is 5.97 Å². The number of hydrogen-bond acceptors (Lipinski definition) is 3. The molecule has 130 valence electrons. The highest BCUT2D eigenvalue weighted by atomic mass is 19.1. The van der Waals surface area contributed by atoms with E-state index in [0.29, 0.717) is 12.2 Å². The molecule has 1 fully saturated rings. The summed E-state index contributed by atoms with van der Waals surface area (Å²) in [6.45, 7) is 4.09. The average Bonchev–Trinajstić information content (AvgIpc) is 2.96. The number of carboxylic acids is 1. The largest absolute Gasteiger partial charge is 0.478 e. The minimum Gasteiger partial charge on any atom is -0.478 e. The predicted molar refractivity (Wildman–Crippen MR) is 90.2 cm³/mol. The molecule has 0 bridgehead atoms. The van der Waals surface area contributed by atoms with E-state index in [1.807, 2.05) is 6.92 Å². The van der Waals surface area contributed by atoms with E-state index in [-0.39, 0.29) is 34.9 Å². The number of carbonyl (C=O) groups excluding carboxylic acids is 1. The van der Waals surface area contributed by atoms with Crippen LogP contribution in [0.5, 0.6) is 0 Å². The summed E-state index contributed by atoms with van der Waals surface area (Å²) < 4.78 is 13.1. The first-order valence-electron chi connectivity index (χ1n) is 8.14. The van der Waals surface area contributed by atoms with E-state index in [1.54, 1.807) is 24.0 Å². The third-order valence-electron chi connectivity index (χ3n) is 4.71. The Hall–Kier alpha value is -2.76. The fourth-order valence-electron chi connectivity index (χ4n) is 3.34. The smallest absolute Gasteiger partial charge is 0.337 e. The molecule has 3 rings (SSSR count). The lowest BCUT2D eigenvalue weighted by atomic mass is 9.97. The van der Waals surface area contributed by atoms with Gasteiger partial charge in [0.2, 0.25) is 0 Å². The Morgan fingerprint density at radius 2 is 1.88 bits per heavy atom. The van der Waals surface area contributed by atoms with Gasteiger partial charge in [-0.25, -0.2) is 14.2 Å². The Labute approximate surface area is 145 Å². The fraction of sp³-hybridized carbons (Fsp3) is 0.316. The van der Waals surface area contributed by atoms with Crippen LogP contribution >= 0.6 is 0 Å². The van der Waals surface area contributed by atoms with Crippen molar-refractivity contribution in [2.75, 3.05) is 6.54 Å². The van der Waals surface area contributed by atoms with Crippen molar-refractivity contribution >= 4 is 11.9 Å². The summed E-state index contributed by atoms with van der Waals surface area (Å²) in [6.07, 6.45) is 0.795. The number of aromatic carboxylic acids is 1. The second-order valence-corrected chi connectivity index (χ2v) is 6.43. The SMILES string of the molecule is Cc1nc(C(=O)N2CC(c3ccc(F)cc3)CC2C)ccc1C(=O)O. The molecule has 1 saturated heterocycles. The molecule has 5 nitrogen and oxygen atoms in total. The van der Waals surface area contributed by atoms with E-state index in [4.69, 9.17) is 5.11 Å². The zero-order chi connectivity index (χ0) is 18.1. The number of carbonyl (C=O) groups is 2. The molecule has 0 aliphatic carbocycles. The van der Waals surface area contributed by atoms with Crippen molar-refractivity contribution in [1.82, 2.24) is 9.88 Å². The molecule has 0 radical (unpaired) electrons. The number of pyridine rings is 1. The van der Waals surface area contributed by atoms with Crippen molar-refractivity contribution in [1.29, 1.82) is 0 Å². The monoisotopic (exact) mass is 342 g/mol. The van der Waals surface area contributed by atoms with Crippen LogP contribution < -0.4 is 0 Å². The number of nitrogens with zero attached hydrogens (tertiary/aromatic N) is 2. The van der Waals surface area contributed by atoms with Crippen LogP contribution in [-0.2, 0) is 0 Å². The zero-order valence-corrected chi connectivity index (χ0v) is 14.1. The number of hydrogen-bond donors (Lipinski definition) is 1. The summed E-state index contributed by atoms with van der Waals surface area (Å²) in [5, 5.41) is 9.07. The van der Waals surface area contributed by atoms with Crippen molar-refractivity contribution in [3.05, 3.63) is 64.7 Å². The molecule has 1 aliphatic rings. The van der Waals surface area contributed by atoms with E-state index in [9.17, 15) is 14.0 Å². The van der Waals surface area contributed by atoms with Gasteiger partial charge in [0.05, 0.1) is 11.3 Å². The van der Waals surface area contributed by atoms with Crippen molar-refractivity contribution in [2.24, 2.45) is 0 Å². The molecular weight excluding hydrogens is 323 g/mol. The molecule has 1 aliphatic heterocycles. The van der Waals surface area contributed by atoms with Crippen LogP contribution in [0.3, 0.4) is 0 Å². The average molecular weight is 342 g/mol. The molecule has 1 aromatic heterocycles. The van der Waals surface area contributed by atoms with E-state index in [1.165, 1.54) is 24.3 Å². The highest BCUT2D eigenvalue weighted by molar-refractivity contribution is 5.94. The Balaban J connectivity index is 1.79. The van der Waals surface area contributed by atoms with Gasteiger partial charge in [0.15, 0.2) is 0 Å². The van der Waals surface area contributed by atoms with Crippen molar-refractivity contribution in [3.8, 4) is 0 Å². The maximum atomic E-state index is 13.1. The molecular formula is C19H19FN2O3. The number of likely N-dealkylation sites (tertiary alicyclic amines) is 1. The van der Waals surface area contributed by atoms with Crippen molar-refractivity contribution < 1.29 is 19.1 Å². The summed E-state index contributed by atoms with van der Waals surface area (Å²) in [5.41, 5.74) is 1.67. The van der Waals surface area contributed by atoms with Gasteiger partial charge in [0.25, 0.3) is 5.91 Å². The molecule has 2 unspecified atom stereocenters. The van der Waals surface area contributed by atoms with E-state index in [0.717, 1.165) is 12.0 Å². The number of aryl methyl sites for hydroxylation is 1. The lowest BCUT2D eigenvalue weighted by Gasteiger charge is -2.21. The van der Waals surface area contributed by atoms with Gasteiger partial charge in [-0.1, -0.05) is 12.1 Å². The lowest BCUT2D eigenvalue weighted by Crippen LogP contribution is -2.34. The Kier molecular flexibility index (Phi) is 4.53. The number of aromatic nitrogens is 1. The molecule has 2 atom stereocenters. The lowest BCUT2D eigenvalue weighted by molar-refractivity contribution is 0.0690. The Morgan fingerprint density at radius 3 is 2.48 bits per heavy atom.